The fraction of sp³-hybridized carbons (Fsp3) is 0.143. The predicted octanol–water partition coefficient (Wildman–Crippen LogP) is 1.52. The maximum atomic E-state index is 12.4. The Morgan fingerprint density at radius 1 is 1.67 bits per heavy atom. The number of nitrogen functional groups attached to an aromatic ring is 1. The van der Waals surface area contributed by atoms with Crippen LogP contribution in [0.5, 0.6) is 0 Å². The van der Waals surface area contributed by atoms with Crippen LogP contribution in [0.4, 0.5) is 10.1 Å². The molecule has 1 aromatic carbocycles. The summed E-state index contributed by atoms with van der Waals surface area (Å²) >= 11 is 0. The number of aryl methyl sites for hydroxylation is 1. The van der Waals surface area contributed by atoms with E-state index in [1.165, 1.54) is 6.07 Å². The van der Waals surface area contributed by atoms with Crippen molar-refractivity contribution >= 4 is 5.69 Å². The van der Waals surface area contributed by atoms with Crippen molar-refractivity contribution < 1.29 is 4.39 Å². The van der Waals surface area contributed by atoms with Gasteiger partial charge in [0.1, 0.15) is 5.82 Å². The lowest BCUT2D eigenvalue weighted by atomic mass is 10.2. The smallest absolute Gasteiger partial charge is 0.134 e. The second kappa shape index (κ2) is 2.05. The largest absolute Gasteiger partial charge is 0.399 e. The molecule has 9 heavy (non-hydrogen) atoms. The average molecular weight is 124 g/mol. The average Bonchev–Trinajstić information content (AvgIpc) is 1.80. The van der Waals surface area contributed by atoms with Gasteiger partial charge in [-0.05, 0) is 24.6 Å². The van der Waals surface area contributed by atoms with Gasteiger partial charge in [0.2, 0.25) is 0 Å². The topological polar surface area (TPSA) is 26.0 Å². The summed E-state index contributed by atoms with van der Waals surface area (Å²) in [5.74, 6) is -0.329. The van der Waals surface area contributed by atoms with Crippen LogP contribution in [0.2, 0.25) is 0 Å². The Labute approximate surface area is 53.3 Å². The minimum atomic E-state index is -0.329. The van der Waals surface area contributed by atoms with E-state index in [1.54, 1.807) is 13.0 Å². The molecule has 1 radical (unpaired) electrons. The first-order valence-electron chi connectivity index (χ1n) is 2.63. The van der Waals surface area contributed by atoms with Gasteiger partial charge in [-0.15, -0.1) is 0 Å². The monoisotopic (exact) mass is 124 g/mol. The molecular weight excluding hydrogens is 117 g/mol. The highest BCUT2D eigenvalue weighted by Gasteiger charge is 1.94. The Morgan fingerprint density at radius 3 is 2.78 bits per heavy atom. The van der Waals surface area contributed by atoms with E-state index in [2.05, 4.69) is 6.07 Å². The molecule has 0 heterocycles. The van der Waals surface area contributed by atoms with Gasteiger partial charge in [0.05, 0.1) is 0 Å². The van der Waals surface area contributed by atoms with E-state index >= 15 is 0 Å². The van der Waals surface area contributed by atoms with Crippen LogP contribution in [-0.4, -0.2) is 0 Å². The number of hydrogen-bond donors (Lipinski definition) is 1. The zero-order valence-electron chi connectivity index (χ0n) is 5.11. The molecule has 1 rings (SSSR count). The summed E-state index contributed by atoms with van der Waals surface area (Å²) in [5, 5.41) is 0. The van der Waals surface area contributed by atoms with Gasteiger partial charge in [-0.25, -0.2) is 4.39 Å². The second-order valence-corrected chi connectivity index (χ2v) is 1.93. The molecule has 0 atom stereocenters. The van der Waals surface area contributed by atoms with Crippen molar-refractivity contribution in [3.8, 4) is 0 Å². The lowest BCUT2D eigenvalue weighted by molar-refractivity contribution is 0.616. The Hall–Kier alpha value is -1.05. The molecule has 47 valence electrons. The van der Waals surface area contributed by atoms with E-state index in [1.807, 2.05) is 0 Å². The highest BCUT2D eigenvalue weighted by atomic mass is 19.1. The maximum absolute atomic E-state index is 12.4. The van der Waals surface area contributed by atoms with E-state index in [9.17, 15) is 4.39 Å². The molecule has 0 fully saturated rings. The number of benzene rings is 1. The van der Waals surface area contributed by atoms with E-state index in [0.717, 1.165) is 0 Å². The molecule has 0 unspecified atom stereocenters. The molecule has 0 bridgehead atoms. The van der Waals surface area contributed by atoms with Crippen molar-refractivity contribution in [1.29, 1.82) is 0 Å². The molecule has 0 amide bonds. The molecule has 0 aliphatic heterocycles. The first-order valence-corrected chi connectivity index (χ1v) is 2.63. The van der Waals surface area contributed by atoms with E-state index in [4.69, 9.17) is 5.73 Å². The lowest BCUT2D eigenvalue weighted by Gasteiger charge is -1.94. The summed E-state index contributed by atoms with van der Waals surface area (Å²) in [5.41, 5.74) is 6.42. The number of halogens is 1. The van der Waals surface area contributed by atoms with E-state index < -0.39 is 0 Å². The first kappa shape index (κ1) is 6.08. The van der Waals surface area contributed by atoms with E-state index in [0.29, 0.717) is 11.3 Å². The van der Waals surface area contributed by atoms with Gasteiger partial charge in [-0.1, -0.05) is 0 Å². The first-order chi connectivity index (χ1) is 4.20. The highest BCUT2D eigenvalue weighted by molar-refractivity contribution is 5.40. The molecule has 2 N–H and O–H groups in total. The highest BCUT2D eigenvalue weighted by Crippen LogP contribution is 2.08. The van der Waals surface area contributed by atoms with Crippen LogP contribution in [-0.2, 0) is 0 Å². The SMILES string of the molecule is Cc1cc(N)c[c]c1F. The predicted molar refractivity (Wildman–Crippen MR) is 34.4 cm³/mol. The maximum Gasteiger partial charge on any atom is 0.134 e. The summed E-state index contributed by atoms with van der Waals surface area (Å²) in [7, 11) is 0. The van der Waals surface area contributed by atoms with Crippen LogP contribution in [0.15, 0.2) is 12.1 Å². The molecular formula is C7H7FN. The van der Waals surface area contributed by atoms with Gasteiger partial charge in [-0.3, -0.25) is 0 Å². The normalized spacial score (nSPS) is 9.56. The van der Waals surface area contributed by atoms with Gasteiger partial charge in [0.15, 0.2) is 0 Å². The van der Waals surface area contributed by atoms with Crippen LogP contribution < -0.4 is 5.73 Å². The van der Waals surface area contributed by atoms with Crippen molar-refractivity contribution in [2.75, 3.05) is 5.73 Å². The third-order valence-corrected chi connectivity index (χ3v) is 1.09. The second-order valence-electron chi connectivity index (χ2n) is 1.93. The van der Waals surface area contributed by atoms with Crippen LogP contribution in [0.3, 0.4) is 0 Å². The van der Waals surface area contributed by atoms with Gasteiger partial charge >= 0.3 is 0 Å². The Bertz CT molecular complexity index is 220. The summed E-state index contributed by atoms with van der Waals surface area (Å²) in [6.45, 7) is 1.65. The minimum Gasteiger partial charge on any atom is -0.399 e. The van der Waals surface area contributed by atoms with Gasteiger partial charge in [0.25, 0.3) is 0 Å². The van der Waals surface area contributed by atoms with Gasteiger partial charge in [0, 0.05) is 11.8 Å². The Morgan fingerprint density at radius 2 is 2.33 bits per heavy atom. The van der Waals surface area contributed by atoms with Crippen LogP contribution in [0, 0.1) is 18.8 Å². The van der Waals surface area contributed by atoms with E-state index in [-0.39, 0.29) is 5.82 Å². The van der Waals surface area contributed by atoms with Crippen molar-refractivity contribution in [3.05, 3.63) is 29.6 Å². The molecule has 2 heteroatoms. The number of anilines is 1. The quantitative estimate of drug-likeness (QED) is 0.521. The van der Waals surface area contributed by atoms with Crippen molar-refractivity contribution in [1.82, 2.24) is 0 Å². The number of hydrogen-bond acceptors (Lipinski definition) is 1. The van der Waals surface area contributed by atoms with Crippen molar-refractivity contribution in [2.45, 2.75) is 6.92 Å². The third kappa shape index (κ3) is 1.19. The Balaban J connectivity index is 3.17. The molecule has 0 aromatic heterocycles. The fourth-order valence-corrected chi connectivity index (χ4v) is 0.616. The van der Waals surface area contributed by atoms with Gasteiger partial charge in [-0.2, -0.15) is 0 Å². The molecule has 1 aromatic rings. The zero-order chi connectivity index (χ0) is 6.85. The number of rotatable bonds is 0. The standard InChI is InChI=1S/C7H7FN/c1-5-4-6(9)2-3-7(5)8/h2,4H,9H2,1H3. The van der Waals surface area contributed by atoms with Gasteiger partial charge < -0.3 is 5.73 Å². The summed E-state index contributed by atoms with van der Waals surface area (Å²) < 4.78 is 12.4. The molecule has 0 aliphatic rings. The molecule has 0 aliphatic carbocycles. The zero-order valence-corrected chi connectivity index (χ0v) is 5.11. The van der Waals surface area contributed by atoms with Crippen molar-refractivity contribution in [3.63, 3.8) is 0 Å². The van der Waals surface area contributed by atoms with Crippen LogP contribution in [0.25, 0.3) is 0 Å². The third-order valence-electron chi connectivity index (χ3n) is 1.09. The van der Waals surface area contributed by atoms with Crippen LogP contribution >= 0.6 is 0 Å². The molecule has 0 spiro atoms. The lowest BCUT2D eigenvalue weighted by Crippen LogP contribution is -1.87. The fourth-order valence-electron chi connectivity index (χ4n) is 0.616. The molecule has 1 nitrogen and oxygen atoms in total. The Kier molecular flexibility index (Phi) is 1.39. The summed E-state index contributed by atoms with van der Waals surface area (Å²) in [6.07, 6.45) is 0. The molecule has 0 saturated carbocycles. The number of nitrogens with two attached hydrogens (primary N) is 1. The van der Waals surface area contributed by atoms with Crippen molar-refractivity contribution in [2.24, 2.45) is 0 Å². The molecule has 0 saturated heterocycles. The summed E-state index contributed by atoms with van der Waals surface area (Å²) in [6, 6.07) is 5.37. The summed E-state index contributed by atoms with van der Waals surface area (Å²) in [4.78, 5) is 0. The minimum absolute atomic E-state index is 0.329. The van der Waals surface area contributed by atoms with Crippen LogP contribution in [0.1, 0.15) is 5.56 Å².